The van der Waals surface area contributed by atoms with Gasteiger partial charge in [0.2, 0.25) is 0 Å². The Morgan fingerprint density at radius 1 is 1.32 bits per heavy atom. The van der Waals surface area contributed by atoms with Gasteiger partial charge in [-0.25, -0.2) is 0 Å². The molecule has 1 aromatic carbocycles. The quantitative estimate of drug-likeness (QED) is 0.252. The van der Waals surface area contributed by atoms with Gasteiger partial charge in [0.25, 0.3) is 11.6 Å². The largest absolute Gasteiger partial charge is 0.496 e. The number of thiophene rings is 1. The van der Waals surface area contributed by atoms with Crippen LogP contribution in [0, 0.1) is 17.0 Å². The molecule has 0 bridgehead atoms. The van der Waals surface area contributed by atoms with E-state index in [-0.39, 0.29) is 28.2 Å². The first-order valence-electron chi connectivity index (χ1n) is 11.3. The molecular weight excluding hydrogens is 468 g/mol. The Morgan fingerprint density at radius 2 is 2.03 bits per heavy atom. The molecule has 0 saturated heterocycles. The topological polar surface area (TPSA) is 81.9 Å². The van der Waals surface area contributed by atoms with Crippen molar-refractivity contribution in [1.82, 2.24) is 4.90 Å². The van der Waals surface area contributed by atoms with E-state index >= 15 is 0 Å². The lowest BCUT2D eigenvalue weighted by atomic mass is 9.95. The number of methoxy groups -OCH3 is 1. The summed E-state index contributed by atoms with van der Waals surface area (Å²) in [6.45, 7) is 13.4. The van der Waals surface area contributed by atoms with Gasteiger partial charge in [-0.3, -0.25) is 14.9 Å². The van der Waals surface area contributed by atoms with Crippen LogP contribution in [0.25, 0.3) is 5.57 Å². The number of amides is 1. The standard InChI is InChI=1S/C25H34N2O5SSi/c1-17-12-22(27(29)30)21(14-23(17)31-5)24(28)26-10-8-18(19-9-11-33-16-19)13-20(26)15-32-34(6,7)25(2,3)4/h8-9,11-12,14,16,20H,10,13,15H2,1-7H3/t20-/m0/s1. The van der Waals surface area contributed by atoms with E-state index in [4.69, 9.17) is 9.16 Å². The van der Waals surface area contributed by atoms with Crippen LogP contribution in [-0.2, 0) is 4.43 Å². The molecule has 34 heavy (non-hydrogen) atoms. The molecule has 9 heteroatoms. The fourth-order valence-corrected chi connectivity index (χ4v) is 5.50. The Kier molecular flexibility index (Phi) is 7.69. The summed E-state index contributed by atoms with van der Waals surface area (Å²) < 4.78 is 11.9. The number of carbonyl (C=O) groups excluding carboxylic acids is 1. The summed E-state index contributed by atoms with van der Waals surface area (Å²) in [7, 11) is -0.560. The molecule has 184 valence electrons. The number of nitro groups is 1. The van der Waals surface area contributed by atoms with Gasteiger partial charge in [0.1, 0.15) is 11.3 Å². The minimum absolute atomic E-state index is 0.0334. The first-order chi connectivity index (χ1) is 15.9. The summed E-state index contributed by atoms with van der Waals surface area (Å²) in [5.74, 6) is 0.0731. The van der Waals surface area contributed by atoms with Gasteiger partial charge < -0.3 is 14.1 Å². The van der Waals surface area contributed by atoms with E-state index in [1.165, 1.54) is 24.8 Å². The summed E-state index contributed by atoms with van der Waals surface area (Å²) in [4.78, 5) is 26.7. The van der Waals surface area contributed by atoms with Crippen LogP contribution in [0.1, 0.15) is 48.7 Å². The number of hydrogen-bond donors (Lipinski definition) is 0. The third-order valence-corrected chi connectivity index (χ3v) is 12.2. The van der Waals surface area contributed by atoms with Crippen molar-refractivity contribution in [2.75, 3.05) is 20.3 Å². The zero-order valence-corrected chi connectivity index (χ0v) is 22.8. The van der Waals surface area contributed by atoms with Crippen LogP contribution in [-0.4, -0.2) is 50.4 Å². The number of carbonyl (C=O) groups is 1. The molecule has 1 aliphatic heterocycles. The van der Waals surface area contributed by atoms with Crippen molar-refractivity contribution in [3.05, 3.63) is 61.8 Å². The Labute approximate surface area is 206 Å². The van der Waals surface area contributed by atoms with Crippen LogP contribution >= 0.6 is 11.3 Å². The van der Waals surface area contributed by atoms with E-state index < -0.39 is 13.2 Å². The van der Waals surface area contributed by atoms with E-state index in [1.807, 2.05) is 11.5 Å². The monoisotopic (exact) mass is 502 g/mol. The third-order valence-electron chi connectivity index (χ3n) is 6.97. The second kappa shape index (κ2) is 10.0. The number of benzene rings is 1. The van der Waals surface area contributed by atoms with Gasteiger partial charge in [-0.1, -0.05) is 26.8 Å². The number of aryl methyl sites for hydroxylation is 1. The summed E-state index contributed by atoms with van der Waals surface area (Å²) in [6, 6.07) is 4.74. The van der Waals surface area contributed by atoms with Crippen LogP contribution in [0.5, 0.6) is 5.75 Å². The van der Waals surface area contributed by atoms with Gasteiger partial charge in [0, 0.05) is 18.7 Å². The highest BCUT2D eigenvalue weighted by molar-refractivity contribution is 7.08. The average Bonchev–Trinajstić information content (AvgIpc) is 3.31. The Balaban J connectivity index is 1.98. The van der Waals surface area contributed by atoms with Crippen LogP contribution in [0.15, 0.2) is 35.0 Å². The van der Waals surface area contributed by atoms with Gasteiger partial charge in [-0.2, -0.15) is 11.3 Å². The normalized spacial score (nSPS) is 16.9. The Hall–Kier alpha value is -2.49. The molecule has 7 nitrogen and oxygen atoms in total. The number of ether oxygens (including phenoxy) is 1. The highest BCUT2D eigenvalue weighted by Gasteiger charge is 2.39. The molecule has 0 aliphatic carbocycles. The molecule has 0 N–H and O–H groups in total. The molecule has 1 aliphatic rings. The molecule has 1 atom stereocenters. The third kappa shape index (κ3) is 5.42. The summed E-state index contributed by atoms with van der Waals surface area (Å²) in [6.07, 6.45) is 2.67. The second-order valence-electron chi connectivity index (χ2n) is 10.2. The molecule has 2 aromatic rings. The molecule has 0 radical (unpaired) electrons. The van der Waals surface area contributed by atoms with Crippen LogP contribution in [0.3, 0.4) is 0 Å². The lowest BCUT2D eigenvalue weighted by molar-refractivity contribution is -0.385. The first-order valence-corrected chi connectivity index (χ1v) is 15.2. The van der Waals surface area contributed by atoms with Gasteiger partial charge in [-0.15, -0.1) is 0 Å². The van der Waals surface area contributed by atoms with E-state index in [0.717, 1.165) is 5.56 Å². The summed E-state index contributed by atoms with van der Waals surface area (Å²) in [5.41, 5.74) is 2.77. The van der Waals surface area contributed by atoms with Gasteiger partial charge in [0.15, 0.2) is 8.32 Å². The highest BCUT2D eigenvalue weighted by atomic mass is 32.1. The lowest BCUT2D eigenvalue weighted by Crippen LogP contribution is -2.49. The maximum Gasteiger partial charge on any atom is 0.282 e. The van der Waals surface area contributed by atoms with Crippen molar-refractivity contribution in [3.63, 3.8) is 0 Å². The SMILES string of the molecule is COc1cc(C(=O)N2CC=C(c3ccsc3)C[C@H]2CO[Si](C)(C)C(C)(C)C)c([N+](=O)[O-])cc1C. The number of nitrogens with zero attached hydrogens (tertiary/aromatic N) is 2. The maximum absolute atomic E-state index is 13.7. The predicted octanol–water partition coefficient (Wildman–Crippen LogP) is 6.29. The maximum atomic E-state index is 13.7. The molecule has 0 unspecified atom stereocenters. The highest BCUT2D eigenvalue weighted by Crippen LogP contribution is 2.38. The van der Waals surface area contributed by atoms with E-state index in [9.17, 15) is 14.9 Å². The molecule has 0 spiro atoms. The molecule has 1 aromatic heterocycles. The minimum Gasteiger partial charge on any atom is -0.496 e. The van der Waals surface area contributed by atoms with Crippen LogP contribution in [0.4, 0.5) is 5.69 Å². The lowest BCUT2D eigenvalue weighted by Gasteiger charge is -2.40. The summed E-state index contributed by atoms with van der Waals surface area (Å²) >= 11 is 1.64. The van der Waals surface area contributed by atoms with Crippen LogP contribution in [0.2, 0.25) is 18.1 Å². The molecule has 1 amide bonds. The van der Waals surface area contributed by atoms with Crippen molar-refractivity contribution in [2.24, 2.45) is 0 Å². The van der Waals surface area contributed by atoms with Gasteiger partial charge in [-0.05, 0) is 65.0 Å². The number of hydrogen-bond acceptors (Lipinski definition) is 6. The Morgan fingerprint density at radius 3 is 2.59 bits per heavy atom. The van der Waals surface area contributed by atoms with Crippen molar-refractivity contribution in [2.45, 2.75) is 58.3 Å². The van der Waals surface area contributed by atoms with Crippen molar-refractivity contribution in [3.8, 4) is 5.75 Å². The first kappa shape index (κ1) is 26.1. The van der Waals surface area contributed by atoms with Crippen molar-refractivity contribution in [1.29, 1.82) is 0 Å². The van der Waals surface area contributed by atoms with Gasteiger partial charge in [0.05, 0.1) is 24.7 Å². The second-order valence-corrected chi connectivity index (χ2v) is 15.8. The van der Waals surface area contributed by atoms with E-state index in [0.29, 0.717) is 30.9 Å². The number of nitro benzene ring substituents is 1. The van der Waals surface area contributed by atoms with Gasteiger partial charge >= 0.3 is 0 Å². The minimum atomic E-state index is -2.06. The average molecular weight is 503 g/mol. The van der Waals surface area contributed by atoms with Crippen LogP contribution < -0.4 is 4.74 Å². The zero-order chi connectivity index (χ0) is 25.3. The smallest absolute Gasteiger partial charge is 0.282 e. The molecule has 2 heterocycles. The zero-order valence-electron chi connectivity index (χ0n) is 21.0. The number of rotatable bonds is 7. The van der Waals surface area contributed by atoms with Crippen molar-refractivity contribution < 1.29 is 18.9 Å². The molecule has 3 rings (SSSR count). The molecule has 0 saturated carbocycles. The molecular formula is C25H34N2O5SSi. The molecule has 0 fully saturated rings. The van der Waals surface area contributed by atoms with Crippen molar-refractivity contribution >= 4 is 36.8 Å². The summed E-state index contributed by atoms with van der Waals surface area (Å²) in [5, 5.41) is 16.0. The fraction of sp³-hybridized carbons (Fsp3) is 0.480. The van der Waals surface area contributed by atoms with E-state index in [1.54, 1.807) is 23.2 Å². The Bertz CT molecular complexity index is 1090. The predicted molar refractivity (Wildman–Crippen MR) is 139 cm³/mol. The van der Waals surface area contributed by atoms with E-state index in [2.05, 4.69) is 45.3 Å². The fourth-order valence-electron chi connectivity index (χ4n) is 3.78.